The van der Waals surface area contributed by atoms with E-state index in [0.29, 0.717) is 5.75 Å². The Balaban J connectivity index is 1.98. The van der Waals surface area contributed by atoms with Gasteiger partial charge in [0.15, 0.2) is 0 Å². The average Bonchev–Trinajstić information content (AvgIpc) is 3.02. The number of aromatic nitrogens is 2. The Hall–Kier alpha value is -2.04. The Bertz CT molecular complexity index is 904. The lowest BCUT2D eigenvalue weighted by atomic mass is 9.96. The molecule has 1 atom stereocenters. The first kappa shape index (κ1) is 21.3. The number of nitrogens with one attached hydrogen (secondary N) is 2. The van der Waals surface area contributed by atoms with E-state index in [9.17, 15) is 13.2 Å². The van der Waals surface area contributed by atoms with Crippen LogP contribution in [0.15, 0.2) is 28.6 Å². The van der Waals surface area contributed by atoms with Gasteiger partial charge < -0.3 is 10.1 Å². The minimum absolute atomic E-state index is 0.138. The number of carbonyl (C=O) groups is 1. The first-order chi connectivity index (χ1) is 12.5. The second-order valence-corrected chi connectivity index (χ2v) is 10.0. The zero-order valence-corrected chi connectivity index (χ0v) is 17.6. The van der Waals surface area contributed by atoms with Crippen LogP contribution in [0.3, 0.4) is 0 Å². The van der Waals surface area contributed by atoms with Crippen molar-refractivity contribution in [2.75, 3.05) is 11.9 Å². The van der Waals surface area contributed by atoms with E-state index in [4.69, 9.17) is 4.74 Å². The van der Waals surface area contributed by atoms with Crippen LogP contribution in [-0.2, 0) is 14.8 Å². The number of hydrogen-bond acceptors (Lipinski definition) is 7. The fraction of sp³-hybridized carbons (Fsp3) is 0.471. The standard InChI is InChI=1S/C17H24N4O4S2/c1-11-8-6-7-9-13(11)25-10-12(2)21-27(23,24)16-20-19-15(26-16)18-14(22)17(3,4)5/h6-9,12,21H,10H2,1-5H3,(H,18,19,22). The van der Waals surface area contributed by atoms with Gasteiger partial charge in [0.25, 0.3) is 10.0 Å². The van der Waals surface area contributed by atoms with Gasteiger partial charge in [-0.15, -0.1) is 10.2 Å². The molecule has 2 aromatic rings. The molecule has 1 aromatic heterocycles. The summed E-state index contributed by atoms with van der Waals surface area (Å²) in [5.41, 5.74) is 0.348. The highest BCUT2D eigenvalue weighted by Crippen LogP contribution is 2.23. The van der Waals surface area contributed by atoms with Crippen LogP contribution in [0.25, 0.3) is 0 Å². The van der Waals surface area contributed by atoms with Crippen molar-refractivity contribution in [1.29, 1.82) is 0 Å². The topological polar surface area (TPSA) is 110 Å². The van der Waals surface area contributed by atoms with E-state index in [1.54, 1.807) is 27.7 Å². The summed E-state index contributed by atoms with van der Waals surface area (Å²) in [5, 5.41) is 10.1. The molecular formula is C17H24N4O4S2. The number of nitrogens with zero attached hydrogens (tertiary/aromatic N) is 2. The Kier molecular flexibility index (Phi) is 6.55. The molecule has 8 nitrogen and oxygen atoms in total. The Labute approximate surface area is 163 Å². The van der Waals surface area contributed by atoms with Gasteiger partial charge in [0.1, 0.15) is 12.4 Å². The lowest BCUT2D eigenvalue weighted by molar-refractivity contribution is -0.123. The van der Waals surface area contributed by atoms with Gasteiger partial charge in [0, 0.05) is 5.41 Å². The molecule has 0 fully saturated rings. The van der Waals surface area contributed by atoms with Crippen LogP contribution in [-0.4, -0.2) is 37.2 Å². The molecule has 1 amide bonds. The van der Waals surface area contributed by atoms with E-state index in [2.05, 4.69) is 20.2 Å². The minimum Gasteiger partial charge on any atom is -0.492 e. The van der Waals surface area contributed by atoms with Crippen LogP contribution in [0.2, 0.25) is 0 Å². The molecule has 0 saturated carbocycles. The number of para-hydroxylation sites is 1. The minimum atomic E-state index is -3.86. The van der Waals surface area contributed by atoms with Gasteiger partial charge in [-0.1, -0.05) is 50.3 Å². The van der Waals surface area contributed by atoms with Crippen molar-refractivity contribution in [3.05, 3.63) is 29.8 Å². The summed E-state index contributed by atoms with van der Waals surface area (Å²) in [5.74, 6) is 0.433. The molecule has 0 radical (unpaired) electrons. The first-order valence-electron chi connectivity index (χ1n) is 8.35. The Morgan fingerprint density at radius 1 is 1.26 bits per heavy atom. The number of anilines is 1. The van der Waals surface area contributed by atoms with Crippen LogP contribution in [0.1, 0.15) is 33.3 Å². The molecule has 0 aliphatic rings. The highest BCUT2D eigenvalue weighted by atomic mass is 32.2. The second-order valence-electron chi connectivity index (χ2n) is 7.18. The van der Waals surface area contributed by atoms with Gasteiger partial charge in [-0.25, -0.2) is 13.1 Å². The van der Waals surface area contributed by atoms with Crippen LogP contribution in [0.5, 0.6) is 5.75 Å². The van der Waals surface area contributed by atoms with Crippen molar-refractivity contribution in [2.24, 2.45) is 5.41 Å². The lowest BCUT2D eigenvalue weighted by Crippen LogP contribution is -2.36. The van der Waals surface area contributed by atoms with E-state index in [1.807, 2.05) is 31.2 Å². The van der Waals surface area contributed by atoms with E-state index in [-0.39, 0.29) is 22.0 Å². The van der Waals surface area contributed by atoms with Gasteiger partial charge in [0.2, 0.25) is 15.4 Å². The van der Waals surface area contributed by atoms with Crippen LogP contribution in [0.4, 0.5) is 5.13 Å². The third-order valence-corrected chi connectivity index (χ3v) is 6.27. The fourth-order valence-electron chi connectivity index (χ4n) is 1.94. The monoisotopic (exact) mass is 412 g/mol. The number of amides is 1. The zero-order valence-electron chi connectivity index (χ0n) is 15.9. The number of hydrogen-bond donors (Lipinski definition) is 2. The van der Waals surface area contributed by atoms with Crippen LogP contribution < -0.4 is 14.8 Å². The van der Waals surface area contributed by atoms with Crippen molar-refractivity contribution in [3.63, 3.8) is 0 Å². The number of ether oxygens (including phenoxy) is 1. The quantitative estimate of drug-likeness (QED) is 0.676. The molecule has 0 bridgehead atoms. The van der Waals surface area contributed by atoms with Gasteiger partial charge in [0.05, 0.1) is 6.04 Å². The summed E-state index contributed by atoms with van der Waals surface area (Å²) in [4.78, 5) is 12.0. The van der Waals surface area contributed by atoms with Crippen molar-refractivity contribution >= 4 is 32.4 Å². The predicted molar refractivity (Wildman–Crippen MR) is 104 cm³/mol. The normalized spacial score (nSPS) is 13.2. The number of aryl methyl sites for hydroxylation is 1. The molecule has 0 saturated heterocycles. The SMILES string of the molecule is Cc1ccccc1OCC(C)NS(=O)(=O)c1nnc(NC(=O)C(C)(C)C)s1. The maximum absolute atomic E-state index is 12.4. The Morgan fingerprint density at radius 2 is 1.93 bits per heavy atom. The van der Waals surface area contributed by atoms with Crippen molar-refractivity contribution in [3.8, 4) is 5.75 Å². The summed E-state index contributed by atoms with van der Waals surface area (Å²) in [6.07, 6.45) is 0. The molecule has 10 heteroatoms. The maximum Gasteiger partial charge on any atom is 0.270 e. The molecule has 1 unspecified atom stereocenters. The fourth-order valence-corrected chi connectivity index (χ4v) is 4.08. The number of carbonyl (C=O) groups excluding carboxylic acids is 1. The molecule has 1 aromatic carbocycles. The molecule has 2 N–H and O–H groups in total. The largest absolute Gasteiger partial charge is 0.492 e. The van der Waals surface area contributed by atoms with Crippen molar-refractivity contribution in [1.82, 2.24) is 14.9 Å². The van der Waals surface area contributed by atoms with Crippen molar-refractivity contribution in [2.45, 2.75) is 45.0 Å². The van der Waals surface area contributed by atoms with E-state index < -0.39 is 21.5 Å². The molecular weight excluding hydrogens is 388 g/mol. The second kappa shape index (κ2) is 8.32. The lowest BCUT2D eigenvalue weighted by Gasteiger charge is -2.15. The summed E-state index contributed by atoms with van der Waals surface area (Å²) in [6.45, 7) is 9.02. The van der Waals surface area contributed by atoms with E-state index >= 15 is 0 Å². The third-order valence-electron chi connectivity index (χ3n) is 3.48. The highest BCUT2D eigenvalue weighted by Gasteiger charge is 2.26. The maximum atomic E-state index is 12.4. The number of rotatable bonds is 7. The highest BCUT2D eigenvalue weighted by molar-refractivity contribution is 7.91. The van der Waals surface area contributed by atoms with E-state index in [1.165, 1.54) is 0 Å². The summed E-state index contributed by atoms with van der Waals surface area (Å²) >= 11 is 0.798. The van der Waals surface area contributed by atoms with E-state index in [0.717, 1.165) is 16.9 Å². The molecule has 2 rings (SSSR count). The third kappa shape index (κ3) is 5.98. The Morgan fingerprint density at radius 3 is 2.56 bits per heavy atom. The average molecular weight is 413 g/mol. The summed E-state index contributed by atoms with van der Waals surface area (Å²) in [7, 11) is -3.86. The summed E-state index contributed by atoms with van der Waals surface area (Å²) in [6, 6.07) is 7.02. The number of sulfonamides is 1. The van der Waals surface area contributed by atoms with Gasteiger partial charge in [-0.3, -0.25) is 4.79 Å². The number of benzene rings is 1. The molecule has 1 heterocycles. The van der Waals surface area contributed by atoms with Gasteiger partial charge in [-0.2, -0.15) is 0 Å². The predicted octanol–water partition coefficient (Wildman–Crippen LogP) is 2.58. The molecule has 0 aliphatic heterocycles. The van der Waals surface area contributed by atoms with Gasteiger partial charge >= 0.3 is 0 Å². The molecule has 148 valence electrons. The van der Waals surface area contributed by atoms with Gasteiger partial charge in [-0.05, 0) is 25.5 Å². The smallest absolute Gasteiger partial charge is 0.270 e. The molecule has 0 spiro atoms. The zero-order chi connectivity index (χ0) is 20.2. The van der Waals surface area contributed by atoms with Crippen LogP contribution >= 0.6 is 11.3 Å². The van der Waals surface area contributed by atoms with Crippen LogP contribution in [0, 0.1) is 12.3 Å². The molecule has 27 heavy (non-hydrogen) atoms. The summed E-state index contributed by atoms with van der Waals surface area (Å²) < 4.78 is 32.8. The molecule has 0 aliphatic carbocycles. The first-order valence-corrected chi connectivity index (χ1v) is 10.6. The van der Waals surface area contributed by atoms with Crippen molar-refractivity contribution < 1.29 is 17.9 Å².